The molecule has 0 aliphatic carbocycles. The Hall–Kier alpha value is -2.08. The molecule has 8 nitrogen and oxygen atoms in total. The predicted octanol–water partition coefficient (Wildman–Crippen LogP) is -1.10. The Morgan fingerprint density at radius 3 is 2.43 bits per heavy atom. The van der Waals surface area contributed by atoms with Gasteiger partial charge in [0.2, 0.25) is 5.75 Å². The van der Waals surface area contributed by atoms with Gasteiger partial charge in [-0.1, -0.05) is 0 Å². The van der Waals surface area contributed by atoms with Crippen LogP contribution in [0, 0.1) is 21.4 Å². The largest absolute Gasteiger partial charge is 1.00 e. The number of rotatable bonds is 5. The third-order valence-corrected chi connectivity index (χ3v) is 3.00. The van der Waals surface area contributed by atoms with Crippen molar-refractivity contribution in [1.82, 2.24) is 4.90 Å². The summed E-state index contributed by atoms with van der Waals surface area (Å²) in [7, 11) is 0. The summed E-state index contributed by atoms with van der Waals surface area (Å²) in [6, 6.07) is 3.75. The second-order valence-corrected chi connectivity index (χ2v) is 4.31. The summed E-state index contributed by atoms with van der Waals surface area (Å²) in [5.74, 6) is -2.08. The molecule has 0 fully saturated rings. The predicted molar refractivity (Wildman–Crippen MR) is 79.1 cm³/mol. The van der Waals surface area contributed by atoms with Crippen molar-refractivity contribution in [3.63, 3.8) is 0 Å². The molecule has 9 heteroatoms. The number of nitriles is 1. The first-order valence-electron chi connectivity index (χ1n) is 6.47. The smallest absolute Gasteiger partial charge is 1.00 e. The van der Waals surface area contributed by atoms with E-state index >= 15 is 0 Å². The summed E-state index contributed by atoms with van der Waals surface area (Å²) in [4.78, 5) is 23.4. The minimum absolute atomic E-state index is 0. The Balaban J connectivity index is 0. The van der Waals surface area contributed by atoms with Gasteiger partial charge in [0.05, 0.1) is 4.92 Å². The molecule has 0 bridgehead atoms. The summed E-state index contributed by atoms with van der Waals surface area (Å²) >= 11 is 0. The van der Waals surface area contributed by atoms with Gasteiger partial charge in [-0.15, -0.1) is 0 Å². The maximum absolute atomic E-state index is 12.1. The second kappa shape index (κ2) is 9.15. The Morgan fingerprint density at radius 1 is 1.43 bits per heavy atom. The minimum Gasteiger partial charge on any atom is -1.00 e. The zero-order valence-corrected chi connectivity index (χ0v) is 15.1. The molecule has 118 valence electrons. The van der Waals surface area contributed by atoms with Crippen molar-refractivity contribution < 1.29 is 50.9 Å². The van der Waals surface area contributed by atoms with E-state index in [0.29, 0.717) is 13.1 Å². The minimum atomic E-state index is -0.870. The van der Waals surface area contributed by atoms with E-state index in [1.807, 2.05) is 0 Å². The number of hydrogen-bond donors (Lipinski definition) is 2. The second-order valence-electron chi connectivity index (χ2n) is 4.31. The van der Waals surface area contributed by atoms with Crippen molar-refractivity contribution in [3.8, 4) is 17.6 Å². The number of nitro benzene ring substituents is 1. The number of aromatic hydroxyl groups is 2. The van der Waals surface area contributed by atoms with Gasteiger partial charge in [0.25, 0.3) is 5.91 Å². The van der Waals surface area contributed by atoms with E-state index in [-0.39, 0.29) is 42.1 Å². The SMILES string of the molecule is CCN(CC)C(=O)/C(C#N)=C/c1cc(O)c(O)c([N+](=O)[O-])c1.[H-].[Na+]. The molecule has 0 radical (unpaired) electrons. The van der Waals surface area contributed by atoms with Crippen LogP contribution in [0.15, 0.2) is 17.7 Å². The number of carbonyl (C=O) groups is 1. The van der Waals surface area contributed by atoms with E-state index in [9.17, 15) is 25.1 Å². The molecule has 1 rings (SSSR count). The standard InChI is InChI=1S/C14H15N3O5.Na.H/c1-3-16(4-2)14(20)10(8-15)5-9-6-11(17(21)22)13(19)12(18)7-9;;/h5-7,18-19H,3-4H2,1-2H3;;/q;+1;-1/b10-5+;;. The van der Waals surface area contributed by atoms with Gasteiger partial charge in [-0.25, -0.2) is 0 Å². The monoisotopic (exact) mass is 329 g/mol. The fourth-order valence-electron chi connectivity index (χ4n) is 1.84. The first-order chi connectivity index (χ1) is 10.3. The zero-order valence-electron chi connectivity index (χ0n) is 14.1. The number of likely N-dealkylation sites (N-methyl/N-ethyl adjacent to an activating group) is 1. The zero-order chi connectivity index (χ0) is 16.9. The molecule has 0 atom stereocenters. The molecule has 0 aromatic heterocycles. The van der Waals surface area contributed by atoms with Crippen LogP contribution in [0.3, 0.4) is 0 Å². The van der Waals surface area contributed by atoms with E-state index in [0.717, 1.165) is 18.2 Å². The van der Waals surface area contributed by atoms with E-state index in [4.69, 9.17) is 5.26 Å². The summed E-state index contributed by atoms with van der Waals surface area (Å²) < 4.78 is 0. The third kappa shape index (κ3) is 4.96. The fourth-order valence-corrected chi connectivity index (χ4v) is 1.84. The van der Waals surface area contributed by atoms with Gasteiger partial charge in [-0.05, 0) is 31.6 Å². The van der Waals surface area contributed by atoms with Crippen molar-refractivity contribution in [2.24, 2.45) is 0 Å². The third-order valence-electron chi connectivity index (χ3n) is 3.00. The first kappa shape index (κ1) is 20.9. The molecule has 0 spiro atoms. The van der Waals surface area contributed by atoms with Crippen LogP contribution in [0.1, 0.15) is 20.8 Å². The maximum atomic E-state index is 12.1. The topological polar surface area (TPSA) is 128 Å². The molecular formula is C14H16N3NaO5. The van der Waals surface area contributed by atoms with Crippen molar-refractivity contribution >= 4 is 17.7 Å². The number of phenols is 2. The fraction of sp³-hybridized carbons (Fsp3) is 0.286. The number of carbonyl (C=O) groups excluding carboxylic acids is 1. The van der Waals surface area contributed by atoms with Gasteiger partial charge in [0.15, 0.2) is 5.75 Å². The molecule has 1 aromatic rings. The van der Waals surface area contributed by atoms with Gasteiger partial charge < -0.3 is 16.5 Å². The van der Waals surface area contributed by atoms with Crippen molar-refractivity contribution in [2.45, 2.75) is 13.8 Å². The molecule has 0 heterocycles. The number of benzene rings is 1. The number of phenolic OH excluding ortho intramolecular Hbond substituents is 2. The van der Waals surface area contributed by atoms with Crippen LogP contribution in [-0.4, -0.2) is 39.0 Å². The number of nitrogens with zero attached hydrogens (tertiary/aromatic N) is 3. The van der Waals surface area contributed by atoms with Gasteiger partial charge in [0.1, 0.15) is 11.6 Å². The molecule has 0 aliphatic rings. The van der Waals surface area contributed by atoms with Crippen molar-refractivity contribution in [1.29, 1.82) is 5.26 Å². The first-order valence-corrected chi connectivity index (χ1v) is 6.47. The van der Waals surface area contributed by atoms with Crippen LogP contribution in [0.5, 0.6) is 11.5 Å². The summed E-state index contributed by atoms with van der Waals surface area (Å²) in [6.07, 6.45) is 1.13. The molecule has 23 heavy (non-hydrogen) atoms. The normalized spacial score (nSPS) is 10.4. The molecule has 1 amide bonds. The van der Waals surface area contributed by atoms with Crippen LogP contribution < -0.4 is 29.6 Å². The quantitative estimate of drug-likeness (QED) is 0.176. The molecular weight excluding hydrogens is 313 g/mol. The maximum Gasteiger partial charge on any atom is 1.00 e. The molecule has 0 aliphatic heterocycles. The molecule has 2 N–H and O–H groups in total. The van der Waals surface area contributed by atoms with E-state index in [1.54, 1.807) is 19.9 Å². The molecule has 0 saturated heterocycles. The van der Waals surface area contributed by atoms with Crippen LogP contribution in [0.2, 0.25) is 0 Å². The number of nitro groups is 1. The van der Waals surface area contributed by atoms with E-state index in [1.165, 1.54) is 4.90 Å². The van der Waals surface area contributed by atoms with Gasteiger partial charge in [-0.3, -0.25) is 14.9 Å². The molecule has 0 unspecified atom stereocenters. The van der Waals surface area contributed by atoms with Crippen LogP contribution in [0.25, 0.3) is 6.08 Å². The average molecular weight is 329 g/mol. The number of amides is 1. The van der Waals surface area contributed by atoms with E-state index < -0.39 is 28.0 Å². The Bertz CT molecular complexity index is 684. The Morgan fingerprint density at radius 2 is 2.00 bits per heavy atom. The molecule has 1 aromatic carbocycles. The summed E-state index contributed by atoms with van der Waals surface area (Å²) in [5, 5.41) is 38.8. The summed E-state index contributed by atoms with van der Waals surface area (Å²) in [5.41, 5.74) is -0.860. The molecule has 0 saturated carbocycles. The van der Waals surface area contributed by atoms with Crippen molar-refractivity contribution in [2.75, 3.05) is 13.1 Å². The van der Waals surface area contributed by atoms with Crippen LogP contribution in [-0.2, 0) is 4.79 Å². The average Bonchev–Trinajstić information content (AvgIpc) is 2.48. The van der Waals surface area contributed by atoms with Crippen LogP contribution in [0.4, 0.5) is 5.69 Å². The van der Waals surface area contributed by atoms with Crippen LogP contribution >= 0.6 is 0 Å². The van der Waals surface area contributed by atoms with Gasteiger partial charge >= 0.3 is 35.2 Å². The van der Waals surface area contributed by atoms with E-state index in [2.05, 4.69) is 0 Å². The summed E-state index contributed by atoms with van der Waals surface area (Å²) in [6.45, 7) is 4.34. The van der Waals surface area contributed by atoms with Crippen molar-refractivity contribution in [3.05, 3.63) is 33.4 Å². The van der Waals surface area contributed by atoms with Gasteiger partial charge in [-0.2, -0.15) is 5.26 Å². The van der Waals surface area contributed by atoms with Gasteiger partial charge in [0, 0.05) is 19.2 Å². The number of hydrogen-bond acceptors (Lipinski definition) is 6. The Labute approximate surface area is 156 Å². The Kier molecular flexibility index (Phi) is 8.32.